The number of anilines is 5. The van der Waals surface area contributed by atoms with Crippen molar-refractivity contribution < 1.29 is 4.74 Å². The summed E-state index contributed by atoms with van der Waals surface area (Å²) in [5.41, 5.74) is 18.7. The molecule has 0 unspecified atom stereocenters. The Kier molecular flexibility index (Phi) is 6.54. The Bertz CT molecular complexity index is 3270. The van der Waals surface area contributed by atoms with Gasteiger partial charge in [0.05, 0.1) is 11.4 Å². The van der Waals surface area contributed by atoms with E-state index in [1.54, 1.807) is 0 Å². The molecule has 3 nitrogen and oxygen atoms in total. The molecule has 0 spiro atoms. The quantitative estimate of drug-likeness (QED) is 0.163. The summed E-state index contributed by atoms with van der Waals surface area (Å²) in [6.45, 7) is 9.58. The summed E-state index contributed by atoms with van der Waals surface area (Å²) in [7, 11) is 0. The summed E-state index contributed by atoms with van der Waals surface area (Å²) >= 11 is 1.94. The van der Waals surface area contributed by atoms with E-state index in [9.17, 15) is 0 Å². The summed E-state index contributed by atoms with van der Waals surface area (Å²) in [6, 6.07) is 61.0. The number of ether oxygens (including phenoxy) is 1. The minimum atomic E-state index is -0.207. The van der Waals surface area contributed by atoms with Crippen molar-refractivity contribution in [2.24, 2.45) is 0 Å². The molecule has 4 heterocycles. The maximum absolute atomic E-state index is 6.80. The van der Waals surface area contributed by atoms with Crippen LogP contribution >= 0.6 is 11.3 Å². The minimum absolute atomic E-state index is 0.116. The van der Waals surface area contributed by atoms with E-state index >= 15 is 0 Å². The van der Waals surface area contributed by atoms with Gasteiger partial charge in [0, 0.05) is 59.2 Å². The fourth-order valence-corrected chi connectivity index (χ4v) is 12.3. The molecule has 9 aromatic rings. The average molecular weight is 775 g/mol. The van der Waals surface area contributed by atoms with E-state index < -0.39 is 0 Å². The SMILES string of the molecule is CC1(C)c2ccccc2C(C)(C)c2cc3c(cc21)-c1c2c(cc4c1sc1ccccc14)N1c4ccccc4Oc4cccc(c41)B2N3c1ccc(-c2ccccc2)cc1. The summed E-state index contributed by atoms with van der Waals surface area (Å²) in [6.07, 6.45) is 0. The Labute approximate surface area is 348 Å². The maximum Gasteiger partial charge on any atom is 0.333 e. The van der Waals surface area contributed by atoms with Crippen LogP contribution in [-0.4, -0.2) is 6.85 Å². The molecule has 8 aromatic carbocycles. The van der Waals surface area contributed by atoms with Crippen LogP contribution in [0, 0.1) is 0 Å². The van der Waals surface area contributed by atoms with Gasteiger partial charge in [0.25, 0.3) is 0 Å². The first-order chi connectivity index (χ1) is 28.8. The molecule has 0 atom stereocenters. The van der Waals surface area contributed by atoms with Crippen molar-refractivity contribution in [3.63, 3.8) is 0 Å². The van der Waals surface area contributed by atoms with Gasteiger partial charge in [-0.1, -0.05) is 137 Å². The van der Waals surface area contributed by atoms with Gasteiger partial charge in [-0.2, -0.15) is 0 Å². The summed E-state index contributed by atoms with van der Waals surface area (Å²) in [5, 5.41) is 2.61. The van der Waals surface area contributed by atoms with Crippen LogP contribution in [0.1, 0.15) is 49.9 Å². The molecular formula is C54H39BN2OS. The third kappa shape index (κ3) is 4.33. The second-order valence-electron chi connectivity index (χ2n) is 17.7. The molecule has 3 aliphatic heterocycles. The molecule has 0 radical (unpaired) electrons. The lowest BCUT2D eigenvalue weighted by molar-refractivity contribution is 0.477. The van der Waals surface area contributed by atoms with E-state index in [1.165, 1.54) is 92.7 Å². The molecule has 0 fully saturated rings. The van der Waals surface area contributed by atoms with Crippen LogP contribution in [0.25, 0.3) is 42.4 Å². The van der Waals surface area contributed by atoms with Gasteiger partial charge in [0.15, 0.2) is 11.5 Å². The Morgan fingerprint density at radius 1 is 0.525 bits per heavy atom. The van der Waals surface area contributed by atoms with Crippen molar-refractivity contribution in [1.29, 1.82) is 0 Å². The summed E-state index contributed by atoms with van der Waals surface area (Å²) in [5.74, 6) is 1.76. The first-order valence-electron chi connectivity index (χ1n) is 20.7. The molecule has 5 heteroatoms. The highest BCUT2D eigenvalue weighted by molar-refractivity contribution is 7.26. The Balaban J connectivity index is 1.19. The standard InChI is InChI=1S/C54H39BN2OS/c1-53(2)38-18-9-10-19-39(38)54(3,4)41-31-44-37(29-40(41)53)49-50-45(30-36-35-17-8-13-24-48(35)59-52(36)49)56-43-21-11-12-22-46(43)58-47-23-14-20-42(51(47)56)55(50)57(44)34-27-25-33(26-28-34)32-15-6-5-7-16-32/h5-31H,1-4H3. The highest BCUT2D eigenvalue weighted by atomic mass is 32.1. The molecular weight excluding hydrogens is 735 g/mol. The number of para-hydroxylation sites is 3. The number of hydrogen-bond donors (Lipinski definition) is 0. The first-order valence-corrected chi connectivity index (χ1v) is 21.5. The van der Waals surface area contributed by atoms with Crippen LogP contribution in [0.4, 0.5) is 28.4 Å². The zero-order chi connectivity index (χ0) is 39.4. The van der Waals surface area contributed by atoms with Crippen LogP contribution < -0.4 is 25.4 Å². The van der Waals surface area contributed by atoms with Crippen molar-refractivity contribution in [2.45, 2.75) is 38.5 Å². The topological polar surface area (TPSA) is 15.7 Å². The smallest absolute Gasteiger partial charge is 0.333 e. The fourth-order valence-electron chi connectivity index (χ4n) is 11.1. The lowest BCUT2D eigenvalue weighted by atomic mass is 9.43. The van der Waals surface area contributed by atoms with E-state index in [1.807, 2.05) is 11.3 Å². The molecule has 280 valence electrons. The molecule has 0 N–H and O–H groups in total. The highest BCUT2D eigenvalue weighted by Gasteiger charge is 2.50. The number of nitrogens with zero attached hydrogens (tertiary/aromatic N) is 2. The van der Waals surface area contributed by atoms with Crippen LogP contribution in [0.3, 0.4) is 0 Å². The molecule has 4 aliphatic rings. The van der Waals surface area contributed by atoms with E-state index in [2.05, 4.69) is 201 Å². The molecule has 1 aliphatic carbocycles. The van der Waals surface area contributed by atoms with E-state index in [0.29, 0.717) is 0 Å². The average Bonchev–Trinajstić information content (AvgIpc) is 3.65. The minimum Gasteiger partial charge on any atom is -0.453 e. The summed E-state index contributed by atoms with van der Waals surface area (Å²) in [4.78, 5) is 5.17. The van der Waals surface area contributed by atoms with Crippen molar-refractivity contribution in [3.8, 4) is 33.8 Å². The normalized spacial score (nSPS) is 15.8. The zero-order valence-corrected chi connectivity index (χ0v) is 34.2. The van der Waals surface area contributed by atoms with Crippen molar-refractivity contribution in [1.82, 2.24) is 0 Å². The highest BCUT2D eigenvalue weighted by Crippen LogP contribution is 2.59. The number of fused-ring (bicyclic) bond motifs is 12. The van der Waals surface area contributed by atoms with Crippen molar-refractivity contribution in [2.75, 3.05) is 9.71 Å². The molecule has 59 heavy (non-hydrogen) atoms. The molecule has 0 saturated heterocycles. The van der Waals surface area contributed by atoms with E-state index in [4.69, 9.17) is 4.74 Å². The number of hydrogen-bond acceptors (Lipinski definition) is 4. The molecule has 0 saturated carbocycles. The van der Waals surface area contributed by atoms with Gasteiger partial charge in [0.2, 0.25) is 0 Å². The number of benzene rings is 8. The van der Waals surface area contributed by atoms with Gasteiger partial charge < -0.3 is 14.4 Å². The Morgan fingerprint density at radius 2 is 1.19 bits per heavy atom. The lowest BCUT2D eigenvalue weighted by Crippen LogP contribution is -2.62. The Morgan fingerprint density at radius 3 is 1.98 bits per heavy atom. The van der Waals surface area contributed by atoms with Crippen molar-refractivity contribution in [3.05, 3.63) is 186 Å². The summed E-state index contributed by atoms with van der Waals surface area (Å²) < 4.78 is 9.46. The number of rotatable bonds is 2. The van der Waals surface area contributed by atoms with E-state index in [0.717, 1.165) is 22.9 Å². The predicted molar refractivity (Wildman–Crippen MR) is 249 cm³/mol. The van der Waals surface area contributed by atoms with Gasteiger partial charge >= 0.3 is 6.85 Å². The fraction of sp³-hybridized carbons (Fsp3) is 0.111. The van der Waals surface area contributed by atoms with Crippen LogP contribution in [0.2, 0.25) is 0 Å². The lowest BCUT2D eigenvalue weighted by Gasteiger charge is -2.49. The second kappa shape index (κ2) is 11.6. The first kappa shape index (κ1) is 33.4. The van der Waals surface area contributed by atoms with Gasteiger partial charge in [-0.3, -0.25) is 0 Å². The molecule has 0 bridgehead atoms. The number of thiophene rings is 1. The Hall–Kier alpha value is -6.56. The van der Waals surface area contributed by atoms with Crippen LogP contribution in [-0.2, 0) is 10.8 Å². The molecule has 0 amide bonds. The third-order valence-corrected chi connectivity index (χ3v) is 15.1. The second-order valence-corrected chi connectivity index (χ2v) is 18.7. The predicted octanol–water partition coefficient (Wildman–Crippen LogP) is 13.5. The molecule has 13 rings (SSSR count). The van der Waals surface area contributed by atoms with Gasteiger partial charge in [-0.15, -0.1) is 11.3 Å². The monoisotopic (exact) mass is 774 g/mol. The molecule has 1 aromatic heterocycles. The van der Waals surface area contributed by atoms with Crippen molar-refractivity contribution >= 4 is 77.7 Å². The maximum atomic E-state index is 6.80. The zero-order valence-electron chi connectivity index (χ0n) is 33.4. The van der Waals surface area contributed by atoms with Gasteiger partial charge in [0.1, 0.15) is 0 Å². The van der Waals surface area contributed by atoms with E-state index in [-0.39, 0.29) is 17.7 Å². The van der Waals surface area contributed by atoms with Gasteiger partial charge in [-0.25, -0.2) is 0 Å². The van der Waals surface area contributed by atoms with Crippen LogP contribution in [0.15, 0.2) is 164 Å². The largest absolute Gasteiger partial charge is 0.453 e. The third-order valence-electron chi connectivity index (χ3n) is 13.9. The van der Waals surface area contributed by atoms with Crippen LogP contribution in [0.5, 0.6) is 11.5 Å². The van der Waals surface area contributed by atoms with Gasteiger partial charge in [-0.05, 0) is 98.9 Å².